The minimum Gasteiger partial charge on any atom is -0.396 e. The number of aromatic nitrogens is 2. The van der Waals surface area contributed by atoms with Crippen molar-refractivity contribution < 1.29 is 5.11 Å². The fraction of sp³-hybridized carbons (Fsp3) is 0.769. The average Bonchev–Trinajstić information content (AvgIpc) is 2.61. The predicted molar refractivity (Wildman–Crippen MR) is 64.5 cm³/mol. The minimum atomic E-state index is 0.320. The van der Waals surface area contributed by atoms with Crippen LogP contribution in [0.1, 0.15) is 49.3 Å². The van der Waals surface area contributed by atoms with E-state index >= 15 is 0 Å². The van der Waals surface area contributed by atoms with E-state index in [0.717, 1.165) is 25.8 Å². The van der Waals surface area contributed by atoms with Crippen molar-refractivity contribution in [2.24, 2.45) is 0 Å². The van der Waals surface area contributed by atoms with Crippen LogP contribution in [0.15, 0.2) is 0 Å². The molecule has 0 amide bonds. The molecule has 1 aliphatic rings. The molecule has 0 fully saturated rings. The number of aryl methyl sites for hydroxylation is 2. The van der Waals surface area contributed by atoms with Crippen molar-refractivity contribution in [2.75, 3.05) is 6.61 Å². The van der Waals surface area contributed by atoms with Crippen molar-refractivity contribution in [3.63, 3.8) is 0 Å². The summed E-state index contributed by atoms with van der Waals surface area (Å²) in [7, 11) is 0. The number of fused-ring (bicyclic) bond motifs is 1. The van der Waals surface area contributed by atoms with E-state index in [2.05, 4.69) is 16.5 Å². The first-order valence-corrected chi connectivity index (χ1v) is 6.48. The van der Waals surface area contributed by atoms with Gasteiger partial charge in [-0.05, 0) is 51.9 Å². The summed E-state index contributed by atoms with van der Waals surface area (Å²) in [6.07, 6.45) is 8.18. The van der Waals surface area contributed by atoms with E-state index in [1.165, 1.54) is 42.9 Å². The molecule has 0 bridgehead atoms. The maximum atomic E-state index is 8.75. The zero-order valence-corrected chi connectivity index (χ0v) is 10.2. The van der Waals surface area contributed by atoms with Crippen molar-refractivity contribution >= 4 is 0 Å². The summed E-state index contributed by atoms with van der Waals surface area (Å²) in [5, 5.41) is 8.75. The molecule has 0 spiro atoms. The Morgan fingerprint density at radius 3 is 2.81 bits per heavy atom. The fourth-order valence-electron chi connectivity index (χ4n) is 2.59. The lowest BCUT2D eigenvalue weighted by Crippen LogP contribution is -2.09. The highest BCUT2D eigenvalue weighted by Crippen LogP contribution is 2.22. The van der Waals surface area contributed by atoms with Gasteiger partial charge in [-0.2, -0.15) is 0 Å². The zero-order chi connectivity index (χ0) is 11.4. The van der Waals surface area contributed by atoms with E-state index in [0.29, 0.717) is 6.61 Å². The zero-order valence-electron chi connectivity index (χ0n) is 10.2. The third-order valence-corrected chi connectivity index (χ3v) is 3.46. The second kappa shape index (κ2) is 5.48. The molecule has 1 aromatic heterocycles. The van der Waals surface area contributed by atoms with Gasteiger partial charge in [-0.15, -0.1) is 0 Å². The van der Waals surface area contributed by atoms with Crippen LogP contribution in [-0.4, -0.2) is 21.3 Å². The van der Waals surface area contributed by atoms with Crippen molar-refractivity contribution in [3.8, 4) is 0 Å². The molecule has 0 aromatic carbocycles. The molecule has 0 saturated carbocycles. The molecule has 0 saturated heterocycles. The number of rotatable bonds is 5. The van der Waals surface area contributed by atoms with Crippen LogP contribution in [0, 0.1) is 6.92 Å². The number of aliphatic hydroxyl groups excluding tert-OH is 1. The molecule has 1 aliphatic carbocycles. The minimum absolute atomic E-state index is 0.320. The summed E-state index contributed by atoms with van der Waals surface area (Å²) in [6, 6.07) is 0. The Balaban J connectivity index is 1.99. The topological polar surface area (TPSA) is 38.0 Å². The van der Waals surface area contributed by atoms with Gasteiger partial charge < -0.3 is 9.67 Å². The molecule has 16 heavy (non-hydrogen) atoms. The van der Waals surface area contributed by atoms with Crippen LogP contribution in [0.5, 0.6) is 0 Å². The van der Waals surface area contributed by atoms with Crippen molar-refractivity contribution in [1.29, 1.82) is 0 Å². The average molecular weight is 222 g/mol. The second-order valence-corrected chi connectivity index (χ2v) is 4.70. The molecular formula is C13H22N2O. The molecule has 0 unspecified atom stereocenters. The Morgan fingerprint density at radius 1 is 1.19 bits per heavy atom. The van der Waals surface area contributed by atoms with Gasteiger partial charge in [0.2, 0.25) is 0 Å². The smallest absolute Gasteiger partial charge is 0.106 e. The molecule has 1 heterocycles. The molecule has 2 rings (SSSR count). The number of hydrogen-bond acceptors (Lipinski definition) is 2. The lowest BCUT2D eigenvalue weighted by atomic mass is 10.0. The Labute approximate surface area is 97.5 Å². The number of aliphatic hydroxyl groups is 1. The third-order valence-electron chi connectivity index (χ3n) is 3.46. The highest BCUT2D eigenvalue weighted by Gasteiger charge is 2.17. The van der Waals surface area contributed by atoms with E-state index < -0.39 is 0 Å². The van der Waals surface area contributed by atoms with Crippen molar-refractivity contribution in [3.05, 3.63) is 17.2 Å². The van der Waals surface area contributed by atoms with Crippen molar-refractivity contribution in [1.82, 2.24) is 9.55 Å². The molecule has 1 aromatic rings. The van der Waals surface area contributed by atoms with Crippen LogP contribution >= 0.6 is 0 Å². The highest BCUT2D eigenvalue weighted by molar-refractivity contribution is 5.19. The van der Waals surface area contributed by atoms with Crippen LogP contribution in [0.4, 0.5) is 0 Å². The summed E-state index contributed by atoms with van der Waals surface area (Å²) in [6.45, 7) is 3.51. The summed E-state index contributed by atoms with van der Waals surface area (Å²) in [5.41, 5.74) is 2.82. The van der Waals surface area contributed by atoms with Gasteiger partial charge in [0.1, 0.15) is 5.82 Å². The van der Waals surface area contributed by atoms with E-state index in [4.69, 9.17) is 5.11 Å². The van der Waals surface area contributed by atoms with Crippen molar-refractivity contribution in [2.45, 2.75) is 58.4 Å². The first-order valence-electron chi connectivity index (χ1n) is 6.48. The van der Waals surface area contributed by atoms with Crippen LogP contribution in [0.3, 0.4) is 0 Å². The van der Waals surface area contributed by atoms with Gasteiger partial charge in [0, 0.05) is 18.8 Å². The lowest BCUT2D eigenvalue weighted by molar-refractivity contribution is 0.281. The molecule has 3 heteroatoms. The van der Waals surface area contributed by atoms with Crippen LogP contribution in [0.25, 0.3) is 0 Å². The standard InChI is InChI=1S/C13H22N2O/c1-11-14-12-7-3-4-8-13(12)15(11)9-5-2-6-10-16/h16H,2-10H2,1H3. The molecular weight excluding hydrogens is 200 g/mol. The molecule has 90 valence electrons. The number of nitrogens with zero attached hydrogens (tertiary/aromatic N) is 2. The van der Waals surface area contributed by atoms with Gasteiger partial charge >= 0.3 is 0 Å². The predicted octanol–water partition coefficient (Wildman–Crippen LogP) is 2.23. The molecule has 0 aliphatic heterocycles. The largest absolute Gasteiger partial charge is 0.396 e. The second-order valence-electron chi connectivity index (χ2n) is 4.70. The molecule has 3 nitrogen and oxygen atoms in total. The highest BCUT2D eigenvalue weighted by atomic mass is 16.2. The van der Waals surface area contributed by atoms with E-state index in [-0.39, 0.29) is 0 Å². The third kappa shape index (κ3) is 2.46. The Hall–Kier alpha value is -0.830. The maximum absolute atomic E-state index is 8.75. The monoisotopic (exact) mass is 222 g/mol. The van der Waals surface area contributed by atoms with Gasteiger partial charge in [-0.1, -0.05) is 0 Å². The summed E-state index contributed by atoms with van der Waals surface area (Å²) in [5.74, 6) is 1.18. The quantitative estimate of drug-likeness (QED) is 0.776. The fourth-order valence-corrected chi connectivity index (χ4v) is 2.59. The van der Waals surface area contributed by atoms with Gasteiger partial charge in [-0.25, -0.2) is 4.98 Å². The maximum Gasteiger partial charge on any atom is 0.106 e. The van der Waals surface area contributed by atoms with E-state index in [1.54, 1.807) is 0 Å². The number of imidazole rings is 1. The molecule has 0 atom stereocenters. The first-order chi connectivity index (χ1) is 7.83. The van der Waals surface area contributed by atoms with E-state index in [1.807, 2.05) is 0 Å². The van der Waals surface area contributed by atoms with Gasteiger partial charge in [0.25, 0.3) is 0 Å². The van der Waals surface area contributed by atoms with Crippen LogP contribution in [-0.2, 0) is 19.4 Å². The van der Waals surface area contributed by atoms with Gasteiger partial charge in [-0.3, -0.25) is 0 Å². The summed E-state index contributed by atoms with van der Waals surface area (Å²) in [4.78, 5) is 4.66. The van der Waals surface area contributed by atoms with Gasteiger partial charge in [0.15, 0.2) is 0 Å². The van der Waals surface area contributed by atoms with Gasteiger partial charge in [0.05, 0.1) is 5.69 Å². The van der Waals surface area contributed by atoms with E-state index in [9.17, 15) is 0 Å². The number of hydrogen-bond donors (Lipinski definition) is 1. The SMILES string of the molecule is Cc1nc2c(n1CCCCCO)CCCC2. The molecule has 0 radical (unpaired) electrons. The Bertz CT molecular complexity index is 344. The first kappa shape index (κ1) is 11.6. The Kier molecular flexibility index (Phi) is 3.99. The number of unbranched alkanes of at least 4 members (excludes halogenated alkanes) is 2. The summed E-state index contributed by atoms with van der Waals surface area (Å²) >= 11 is 0. The Morgan fingerprint density at radius 2 is 2.00 bits per heavy atom. The van der Waals surface area contributed by atoms with Crippen LogP contribution in [0.2, 0.25) is 0 Å². The van der Waals surface area contributed by atoms with Crippen LogP contribution < -0.4 is 0 Å². The normalized spacial score (nSPS) is 15.1. The molecule has 1 N–H and O–H groups in total. The summed E-state index contributed by atoms with van der Waals surface area (Å²) < 4.78 is 2.39. The lowest BCUT2D eigenvalue weighted by Gasteiger charge is -2.14.